The molecule has 1 saturated heterocycles. The molecular weight excluding hydrogens is 414 g/mol. The third-order valence-electron chi connectivity index (χ3n) is 5.72. The highest BCUT2D eigenvalue weighted by Gasteiger charge is 2.31. The van der Waals surface area contributed by atoms with Crippen molar-refractivity contribution >= 4 is 23.3 Å². The summed E-state index contributed by atoms with van der Waals surface area (Å²) in [5.74, 6) is 0.144. The van der Waals surface area contributed by atoms with Gasteiger partial charge < -0.3 is 5.32 Å². The predicted molar refractivity (Wildman–Crippen MR) is 118 cm³/mol. The molecule has 1 N–H and O–H groups in total. The van der Waals surface area contributed by atoms with Gasteiger partial charge in [-0.25, -0.2) is 4.98 Å². The normalized spacial score (nSPS) is 17.6. The Bertz CT molecular complexity index is 1040. The minimum atomic E-state index is -0.350. The average molecular weight is 438 g/mol. The van der Waals surface area contributed by atoms with Crippen LogP contribution in [0.1, 0.15) is 28.9 Å². The summed E-state index contributed by atoms with van der Waals surface area (Å²) in [6.45, 7) is 5.39. The smallest absolute Gasteiger partial charge is 0.279 e. The molecule has 0 spiro atoms. The van der Waals surface area contributed by atoms with Gasteiger partial charge in [-0.15, -0.1) is 5.10 Å². The Morgan fingerprint density at radius 2 is 1.81 bits per heavy atom. The number of piperazine rings is 1. The fourth-order valence-electron chi connectivity index (χ4n) is 3.82. The minimum absolute atomic E-state index is 0.217. The van der Waals surface area contributed by atoms with Crippen molar-refractivity contribution < 1.29 is 4.79 Å². The van der Waals surface area contributed by atoms with Crippen LogP contribution in [0.4, 0.5) is 5.82 Å². The van der Waals surface area contributed by atoms with Gasteiger partial charge in [-0.05, 0) is 48.7 Å². The number of aromatic nitrogens is 4. The molecule has 5 rings (SSSR count). The molecule has 1 aromatic carbocycles. The summed E-state index contributed by atoms with van der Waals surface area (Å²) >= 11 is 5.90. The van der Waals surface area contributed by atoms with Crippen molar-refractivity contribution in [3.63, 3.8) is 0 Å². The molecule has 1 aliphatic carbocycles. The number of hydrogen-bond donors (Lipinski definition) is 1. The summed E-state index contributed by atoms with van der Waals surface area (Å²) in [6.07, 6.45) is 6.00. The average Bonchev–Trinajstić information content (AvgIpc) is 3.52. The lowest BCUT2D eigenvalue weighted by Crippen LogP contribution is -2.46. The van der Waals surface area contributed by atoms with E-state index >= 15 is 0 Å². The Kier molecular flexibility index (Phi) is 5.67. The monoisotopic (exact) mass is 437 g/mol. The number of carbonyl (C=O) groups excluding carboxylic acids is 1. The second-order valence-electron chi connectivity index (χ2n) is 8.04. The first-order valence-corrected chi connectivity index (χ1v) is 10.9. The molecule has 1 amide bonds. The number of carbonyl (C=O) groups is 1. The number of hydrogen-bond acceptors (Lipinski definition) is 6. The molecule has 2 aromatic heterocycles. The van der Waals surface area contributed by atoms with E-state index < -0.39 is 0 Å². The van der Waals surface area contributed by atoms with Crippen LogP contribution in [0.15, 0.2) is 48.8 Å². The van der Waals surface area contributed by atoms with Crippen molar-refractivity contribution in [2.24, 2.45) is 0 Å². The maximum atomic E-state index is 12.5. The van der Waals surface area contributed by atoms with Crippen molar-refractivity contribution in [2.45, 2.75) is 25.4 Å². The summed E-state index contributed by atoms with van der Waals surface area (Å²) in [5, 5.41) is 11.8. The zero-order valence-electron chi connectivity index (χ0n) is 17.1. The summed E-state index contributed by atoms with van der Waals surface area (Å²) < 4.78 is 0. The lowest BCUT2D eigenvalue weighted by Gasteiger charge is -2.34. The van der Waals surface area contributed by atoms with Gasteiger partial charge in [0.15, 0.2) is 5.69 Å². The van der Waals surface area contributed by atoms with E-state index in [-0.39, 0.29) is 11.6 Å². The van der Waals surface area contributed by atoms with E-state index in [0.717, 1.165) is 50.0 Å². The Labute approximate surface area is 185 Å². The molecule has 160 valence electrons. The van der Waals surface area contributed by atoms with Gasteiger partial charge in [-0.3, -0.25) is 14.6 Å². The molecule has 1 aliphatic heterocycles. The number of pyridine rings is 1. The Balaban J connectivity index is 1.15. The van der Waals surface area contributed by atoms with Gasteiger partial charge in [0.05, 0.1) is 11.9 Å². The number of amides is 1. The number of benzene rings is 1. The van der Waals surface area contributed by atoms with E-state index in [9.17, 15) is 4.79 Å². The first-order chi connectivity index (χ1) is 15.1. The fourth-order valence-corrected chi connectivity index (χ4v) is 3.95. The third-order valence-corrected chi connectivity index (χ3v) is 5.98. The first-order valence-electron chi connectivity index (χ1n) is 10.5. The predicted octanol–water partition coefficient (Wildman–Crippen LogP) is 2.85. The number of halogens is 1. The zero-order chi connectivity index (χ0) is 21.2. The lowest BCUT2D eigenvalue weighted by atomic mass is 10.2. The van der Waals surface area contributed by atoms with E-state index in [1.54, 1.807) is 24.3 Å². The summed E-state index contributed by atoms with van der Waals surface area (Å²) in [6, 6.07) is 11.8. The lowest BCUT2D eigenvalue weighted by molar-refractivity contribution is 0.102. The Morgan fingerprint density at radius 3 is 2.48 bits per heavy atom. The maximum Gasteiger partial charge on any atom is 0.279 e. The van der Waals surface area contributed by atoms with Crippen LogP contribution in [-0.2, 0) is 6.54 Å². The molecule has 31 heavy (non-hydrogen) atoms. The van der Waals surface area contributed by atoms with E-state index in [4.69, 9.17) is 11.6 Å². The van der Waals surface area contributed by atoms with Gasteiger partial charge in [0.2, 0.25) is 0 Å². The van der Waals surface area contributed by atoms with Crippen molar-refractivity contribution in [1.82, 2.24) is 29.8 Å². The number of nitrogens with one attached hydrogen (secondary N) is 1. The largest absolute Gasteiger partial charge is 0.305 e. The minimum Gasteiger partial charge on any atom is -0.305 e. The van der Waals surface area contributed by atoms with Crippen LogP contribution in [0, 0.1) is 0 Å². The number of nitrogens with zero attached hydrogens (tertiary/aromatic N) is 6. The maximum absolute atomic E-state index is 12.5. The van der Waals surface area contributed by atoms with E-state index in [1.165, 1.54) is 23.8 Å². The molecule has 2 fully saturated rings. The van der Waals surface area contributed by atoms with E-state index in [1.807, 2.05) is 18.3 Å². The first kappa shape index (κ1) is 20.1. The molecule has 2 aliphatic rings. The quantitative estimate of drug-likeness (QED) is 0.638. The van der Waals surface area contributed by atoms with Crippen LogP contribution in [0.3, 0.4) is 0 Å². The SMILES string of the molecule is O=C(Nc1ccc(CN2CCN(C3CC3)CC2)cn1)c1cnn(-c2ccc(Cl)cc2)n1. The summed E-state index contributed by atoms with van der Waals surface area (Å²) in [5.41, 5.74) is 2.09. The Morgan fingerprint density at radius 1 is 1.03 bits per heavy atom. The van der Waals surface area contributed by atoms with Crippen LogP contribution in [0.2, 0.25) is 5.02 Å². The zero-order valence-corrected chi connectivity index (χ0v) is 17.9. The molecule has 0 unspecified atom stereocenters. The van der Waals surface area contributed by atoms with E-state index in [0.29, 0.717) is 10.8 Å². The van der Waals surface area contributed by atoms with Crippen LogP contribution in [-0.4, -0.2) is 67.9 Å². The van der Waals surface area contributed by atoms with Crippen LogP contribution in [0.5, 0.6) is 0 Å². The highest BCUT2D eigenvalue weighted by Crippen LogP contribution is 2.27. The van der Waals surface area contributed by atoms with Gasteiger partial charge in [-0.1, -0.05) is 17.7 Å². The number of rotatable bonds is 6. The van der Waals surface area contributed by atoms with Gasteiger partial charge in [-0.2, -0.15) is 9.90 Å². The highest BCUT2D eigenvalue weighted by atomic mass is 35.5. The third kappa shape index (κ3) is 4.92. The van der Waals surface area contributed by atoms with E-state index in [2.05, 4.69) is 30.3 Å². The Hall–Kier alpha value is -2.81. The summed E-state index contributed by atoms with van der Waals surface area (Å²) in [4.78, 5) is 23.4. The highest BCUT2D eigenvalue weighted by molar-refractivity contribution is 6.30. The van der Waals surface area contributed by atoms with Gasteiger partial charge in [0.1, 0.15) is 5.82 Å². The fraction of sp³-hybridized carbons (Fsp3) is 0.364. The summed E-state index contributed by atoms with van der Waals surface area (Å²) in [7, 11) is 0. The van der Waals surface area contributed by atoms with Crippen molar-refractivity contribution in [1.29, 1.82) is 0 Å². The molecular formula is C22H24ClN7O. The molecule has 9 heteroatoms. The standard InChI is InChI=1S/C22H24ClN7O/c23-17-2-4-19(5-3-17)30-25-14-20(27-30)22(31)26-21-8-1-16(13-24-21)15-28-9-11-29(12-10-28)18-6-7-18/h1-5,8,13-14,18H,6-7,9-12,15H2,(H,24,26,31). The molecule has 0 radical (unpaired) electrons. The van der Waals surface area contributed by atoms with Gasteiger partial charge >= 0.3 is 0 Å². The molecule has 1 saturated carbocycles. The topological polar surface area (TPSA) is 79.2 Å². The second kappa shape index (κ2) is 8.74. The van der Waals surface area contributed by atoms with Gasteiger partial charge in [0, 0.05) is 50.0 Å². The number of anilines is 1. The van der Waals surface area contributed by atoms with Crippen LogP contribution in [0.25, 0.3) is 5.69 Å². The molecule has 3 heterocycles. The van der Waals surface area contributed by atoms with Crippen molar-refractivity contribution in [3.8, 4) is 5.69 Å². The van der Waals surface area contributed by atoms with Crippen LogP contribution < -0.4 is 5.32 Å². The molecule has 8 nitrogen and oxygen atoms in total. The second-order valence-corrected chi connectivity index (χ2v) is 8.48. The molecule has 3 aromatic rings. The van der Waals surface area contributed by atoms with Crippen LogP contribution >= 0.6 is 11.6 Å². The van der Waals surface area contributed by atoms with Crippen molar-refractivity contribution in [3.05, 3.63) is 65.1 Å². The molecule has 0 bridgehead atoms. The van der Waals surface area contributed by atoms with Crippen molar-refractivity contribution in [2.75, 3.05) is 31.5 Å². The molecule has 0 atom stereocenters. The van der Waals surface area contributed by atoms with Gasteiger partial charge in [0.25, 0.3) is 5.91 Å².